The van der Waals surface area contributed by atoms with Crippen molar-refractivity contribution in [2.24, 2.45) is 0 Å². The Labute approximate surface area is 157 Å². The van der Waals surface area contributed by atoms with Crippen LogP contribution in [0, 0.1) is 11.3 Å². The summed E-state index contributed by atoms with van der Waals surface area (Å²) < 4.78 is 27.3. The van der Waals surface area contributed by atoms with E-state index in [-0.39, 0.29) is 10.8 Å². The zero-order valence-corrected chi connectivity index (χ0v) is 14.9. The minimum Gasteiger partial charge on any atom is -0.322 e. The highest BCUT2D eigenvalue weighted by molar-refractivity contribution is 7.92. The quantitative estimate of drug-likeness (QED) is 0.709. The zero-order valence-electron chi connectivity index (χ0n) is 14.1. The van der Waals surface area contributed by atoms with Gasteiger partial charge < -0.3 is 5.32 Å². The van der Waals surface area contributed by atoms with Crippen LogP contribution in [0.4, 0.5) is 11.4 Å². The van der Waals surface area contributed by atoms with Crippen LogP contribution in [0.15, 0.2) is 83.8 Å². The first-order chi connectivity index (χ1) is 13.0. The van der Waals surface area contributed by atoms with Gasteiger partial charge in [-0.2, -0.15) is 5.26 Å². The van der Waals surface area contributed by atoms with Crippen LogP contribution >= 0.6 is 0 Å². The van der Waals surface area contributed by atoms with Crippen LogP contribution in [0.3, 0.4) is 0 Å². The fourth-order valence-electron chi connectivity index (χ4n) is 2.34. The molecule has 0 aromatic heterocycles. The summed E-state index contributed by atoms with van der Waals surface area (Å²) >= 11 is 0. The van der Waals surface area contributed by atoms with E-state index in [1.165, 1.54) is 24.3 Å². The maximum atomic E-state index is 12.4. The van der Waals surface area contributed by atoms with Crippen LogP contribution in [0.25, 0.3) is 0 Å². The molecule has 6 nitrogen and oxygen atoms in total. The van der Waals surface area contributed by atoms with Crippen LogP contribution in [0.2, 0.25) is 0 Å². The van der Waals surface area contributed by atoms with Gasteiger partial charge in [-0.15, -0.1) is 0 Å². The first-order valence-electron chi connectivity index (χ1n) is 7.97. The average Bonchev–Trinajstić information content (AvgIpc) is 2.69. The summed E-state index contributed by atoms with van der Waals surface area (Å²) in [5.74, 6) is -0.375. The molecule has 134 valence electrons. The number of sulfonamides is 1. The number of nitrogens with zero attached hydrogens (tertiary/aromatic N) is 1. The maximum absolute atomic E-state index is 12.4. The molecular weight excluding hydrogens is 362 g/mol. The number of benzene rings is 3. The summed E-state index contributed by atoms with van der Waals surface area (Å²) in [6.45, 7) is 0. The van der Waals surface area contributed by atoms with Gasteiger partial charge in [-0.05, 0) is 60.7 Å². The first-order valence-corrected chi connectivity index (χ1v) is 9.46. The molecule has 1 amide bonds. The highest BCUT2D eigenvalue weighted by Crippen LogP contribution is 2.17. The van der Waals surface area contributed by atoms with Crippen LogP contribution in [-0.2, 0) is 10.0 Å². The van der Waals surface area contributed by atoms with Crippen molar-refractivity contribution >= 4 is 27.3 Å². The Hall–Kier alpha value is -3.63. The second kappa shape index (κ2) is 7.72. The Balaban J connectivity index is 1.72. The van der Waals surface area contributed by atoms with Crippen LogP contribution < -0.4 is 10.0 Å². The van der Waals surface area contributed by atoms with Crippen LogP contribution in [0.5, 0.6) is 0 Å². The third kappa shape index (κ3) is 4.51. The average molecular weight is 377 g/mol. The largest absolute Gasteiger partial charge is 0.322 e. The molecule has 2 N–H and O–H groups in total. The minimum absolute atomic E-state index is 0.0567. The number of nitrogens with one attached hydrogen (secondary N) is 2. The fraction of sp³-hybridized carbons (Fsp3) is 0. The number of amides is 1. The SMILES string of the molecule is N#Cc1ccc(NC(=O)c2ccc(S(=O)(=O)Nc3ccccc3)cc2)cc1. The molecule has 7 heteroatoms. The first kappa shape index (κ1) is 18.2. The molecule has 0 aliphatic rings. The second-order valence-electron chi connectivity index (χ2n) is 5.64. The molecular formula is C20H15N3O3S. The summed E-state index contributed by atoms with van der Waals surface area (Å²) in [6, 6.07) is 22.6. The number of anilines is 2. The highest BCUT2D eigenvalue weighted by atomic mass is 32.2. The van der Waals surface area contributed by atoms with E-state index >= 15 is 0 Å². The van der Waals surface area contributed by atoms with Crippen molar-refractivity contribution in [3.63, 3.8) is 0 Å². The number of hydrogen-bond donors (Lipinski definition) is 2. The fourth-order valence-corrected chi connectivity index (χ4v) is 3.40. The predicted molar refractivity (Wildman–Crippen MR) is 103 cm³/mol. The Morgan fingerprint density at radius 2 is 1.44 bits per heavy atom. The van der Waals surface area contributed by atoms with E-state index in [1.54, 1.807) is 54.6 Å². The van der Waals surface area contributed by atoms with Gasteiger partial charge in [-0.25, -0.2) is 8.42 Å². The molecule has 0 aliphatic heterocycles. The molecule has 0 spiro atoms. The van der Waals surface area contributed by atoms with Gasteiger partial charge in [0.15, 0.2) is 0 Å². The number of nitriles is 1. The summed E-state index contributed by atoms with van der Waals surface area (Å²) in [4.78, 5) is 12.3. The Morgan fingerprint density at radius 3 is 2.04 bits per heavy atom. The molecule has 0 atom stereocenters. The number of hydrogen-bond acceptors (Lipinski definition) is 4. The molecule has 0 unspecified atom stereocenters. The summed E-state index contributed by atoms with van der Waals surface area (Å²) in [5.41, 5.74) is 1.81. The monoisotopic (exact) mass is 377 g/mol. The van der Waals surface area contributed by atoms with E-state index < -0.39 is 10.0 Å². The van der Waals surface area contributed by atoms with Crippen LogP contribution in [-0.4, -0.2) is 14.3 Å². The molecule has 0 fully saturated rings. The Kier molecular flexibility index (Phi) is 5.20. The zero-order chi connectivity index (χ0) is 19.3. The molecule has 0 saturated carbocycles. The van der Waals surface area contributed by atoms with Crippen molar-refractivity contribution in [1.82, 2.24) is 0 Å². The van der Waals surface area contributed by atoms with E-state index in [9.17, 15) is 13.2 Å². The summed E-state index contributed by atoms with van der Waals surface area (Å²) in [6.07, 6.45) is 0. The Bertz CT molecular complexity index is 1090. The topological polar surface area (TPSA) is 99.1 Å². The van der Waals surface area contributed by atoms with Gasteiger partial charge in [0.05, 0.1) is 16.5 Å². The third-order valence-electron chi connectivity index (χ3n) is 3.72. The lowest BCUT2D eigenvalue weighted by atomic mass is 10.2. The molecule has 0 bridgehead atoms. The number of para-hydroxylation sites is 1. The second-order valence-corrected chi connectivity index (χ2v) is 7.32. The maximum Gasteiger partial charge on any atom is 0.261 e. The van der Waals surface area contributed by atoms with E-state index in [4.69, 9.17) is 5.26 Å². The number of carbonyl (C=O) groups excluding carboxylic acids is 1. The van der Waals surface area contributed by atoms with Gasteiger partial charge in [-0.1, -0.05) is 18.2 Å². The van der Waals surface area contributed by atoms with Gasteiger partial charge in [0.2, 0.25) is 0 Å². The van der Waals surface area contributed by atoms with Gasteiger partial charge in [0.1, 0.15) is 0 Å². The summed E-state index contributed by atoms with van der Waals surface area (Å²) in [7, 11) is -3.73. The lowest BCUT2D eigenvalue weighted by Crippen LogP contribution is -2.14. The lowest BCUT2D eigenvalue weighted by molar-refractivity contribution is 0.102. The van der Waals surface area contributed by atoms with Gasteiger partial charge in [0, 0.05) is 16.9 Å². The molecule has 0 heterocycles. The van der Waals surface area contributed by atoms with Crippen molar-refractivity contribution in [2.75, 3.05) is 10.0 Å². The molecule has 0 radical (unpaired) electrons. The van der Waals surface area contributed by atoms with E-state index in [0.29, 0.717) is 22.5 Å². The summed E-state index contributed by atoms with van der Waals surface area (Å²) in [5, 5.41) is 11.5. The van der Waals surface area contributed by atoms with E-state index in [0.717, 1.165) is 0 Å². The molecule has 3 rings (SSSR count). The van der Waals surface area contributed by atoms with Crippen molar-refractivity contribution in [2.45, 2.75) is 4.90 Å². The standard InChI is InChI=1S/C20H15N3O3S/c21-14-15-6-10-17(11-7-15)22-20(24)16-8-12-19(13-9-16)27(25,26)23-18-4-2-1-3-5-18/h1-13,23H,(H,22,24). The van der Waals surface area contributed by atoms with Gasteiger partial charge in [0.25, 0.3) is 15.9 Å². The van der Waals surface area contributed by atoms with Crippen LogP contribution in [0.1, 0.15) is 15.9 Å². The Morgan fingerprint density at radius 1 is 0.815 bits per heavy atom. The molecule has 0 aliphatic carbocycles. The number of carbonyl (C=O) groups is 1. The molecule has 3 aromatic carbocycles. The smallest absolute Gasteiger partial charge is 0.261 e. The highest BCUT2D eigenvalue weighted by Gasteiger charge is 2.15. The molecule has 3 aromatic rings. The normalized spacial score (nSPS) is 10.6. The van der Waals surface area contributed by atoms with Gasteiger partial charge in [-0.3, -0.25) is 9.52 Å². The van der Waals surface area contributed by atoms with Crippen molar-refractivity contribution < 1.29 is 13.2 Å². The van der Waals surface area contributed by atoms with E-state index in [2.05, 4.69) is 10.0 Å². The molecule has 27 heavy (non-hydrogen) atoms. The van der Waals surface area contributed by atoms with Crippen molar-refractivity contribution in [3.8, 4) is 6.07 Å². The molecule has 0 saturated heterocycles. The van der Waals surface area contributed by atoms with E-state index in [1.807, 2.05) is 6.07 Å². The third-order valence-corrected chi connectivity index (χ3v) is 5.12. The number of rotatable bonds is 5. The minimum atomic E-state index is -3.73. The van der Waals surface area contributed by atoms with Crippen molar-refractivity contribution in [1.29, 1.82) is 5.26 Å². The predicted octanol–water partition coefficient (Wildman–Crippen LogP) is 3.61. The lowest BCUT2D eigenvalue weighted by Gasteiger charge is -2.09. The van der Waals surface area contributed by atoms with Crippen molar-refractivity contribution in [3.05, 3.63) is 90.0 Å². The van der Waals surface area contributed by atoms with Gasteiger partial charge >= 0.3 is 0 Å².